The highest BCUT2D eigenvalue weighted by Gasteiger charge is 2.17. The van der Waals surface area contributed by atoms with E-state index in [4.69, 9.17) is 4.52 Å². The highest BCUT2D eigenvalue weighted by Crippen LogP contribution is 2.28. The molecule has 3 aromatic rings. The van der Waals surface area contributed by atoms with Crippen molar-refractivity contribution in [3.8, 4) is 11.1 Å². The minimum absolute atomic E-state index is 0.0870. The molecule has 7 heteroatoms. The van der Waals surface area contributed by atoms with Crippen LogP contribution in [0.15, 0.2) is 51.9 Å². The highest BCUT2D eigenvalue weighted by molar-refractivity contribution is 7.92. The Labute approximate surface area is 145 Å². The van der Waals surface area contributed by atoms with E-state index in [0.29, 0.717) is 11.3 Å². The van der Waals surface area contributed by atoms with Crippen LogP contribution in [-0.2, 0) is 10.0 Å². The number of anilines is 1. The average molecular weight is 360 g/mol. The number of hydrogen-bond acceptors (Lipinski definition) is 4. The third-order valence-electron chi connectivity index (χ3n) is 3.91. The van der Waals surface area contributed by atoms with Gasteiger partial charge in [0.2, 0.25) is 0 Å². The molecule has 2 aromatic carbocycles. The van der Waals surface area contributed by atoms with Gasteiger partial charge in [0.15, 0.2) is 0 Å². The topological polar surface area (TPSA) is 72.2 Å². The molecule has 0 saturated heterocycles. The maximum atomic E-state index is 13.6. The molecule has 0 bridgehead atoms. The second-order valence-corrected chi connectivity index (χ2v) is 7.48. The standard InChI is InChI=1S/C18H17FN2O3S/c1-11-4-7-15(10-17(11)19)21-25(22,23)16-8-5-14(6-9-16)18-12(2)20-24-13(18)3/h4-10,21H,1-3H3. The molecule has 0 amide bonds. The van der Waals surface area contributed by atoms with Crippen LogP contribution in [0.2, 0.25) is 0 Å². The van der Waals surface area contributed by atoms with Crippen LogP contribution in [0.25, 0.3) is 11.1 Å². The Bertz CT molecular complexity index is 1010. The van der Waals surface area contributed by atoms with Gasteiger partial charge in [0, 0.05) is 5.56 Å². The smallest absolute Gasteiger partial charge is 0.261 e. The van der Waals surface area contributed by atoms with Gasteiger partial charge in [0.05, 0.1) is 16.3 Å². The molecule has 0 aliphatic heterocycles. The molecular weight excluding hydrogens is 343 g/mol. The number of hydrogen-bond donors (Lipinski definition) is 1. The summed E-state index contributed by atoms with van der Waals surface area (Å²) in [6.07, 6.45) is 0. The summed E-state index contributed by atoms with van der Waals surface area (Å²) in [5.74, 6) is 0.204. The van der Waals surface area contributed by atoms with Crippen LogP contribution in [0.5, 0.6) is 0 Å². The van der Waals surface area contributed by atoms with Crippen LogP contribution in [-0.4, -0.2) is 13.6 Å². The van der Waals surface area contributed by atoms with Gasteiger partial charge in [-0.3, -0.25) is 4.72 Å². The summed E-state index contributed by atoms with van der Waals surface area (Å²) in [7, 11) is -3.80. The largest absolute Gasteiger partial charge is 0.361 e. The Morgan fingerprint density at radius 2 is 1.72 bits per heavy atom. The zero-order valence-corrected chi connectivity index (χ0v) is 14.8. The van der Waals surface area contributed by atoms with Crippen LogP contribution < -0.4 is 4.72 Å². The van der Waals surface area contributed by atoms with E-state index in [1.54, 1.807) is 26.0 Å². The number of aromatic nitrogens is 1. The van der Waals surface area contributed by atoms with Crippen LogP contribution >= 0.6 is 0 Å². The molecule has 1 heterocycles. The van der Waals surface area contributed by atoms with Gasteiger partial charge in [-0.2, -0.15) is 0 Å². The van der Waals surface area contributed by atoms with Crippen LogP contribution in [0, 0.1) is 26.6 Å². The maximum absolute atomic E-state index is 13.6. The molecule has 0 aliphatic carbocycles. The summed E-state index contributed by atoms with van der Waals surface area (Å²) < 4.78 is 46.0. The van der Waals surface area contributed by atoms with Crippen molar-refractivity contribution in [1.82, 2.24) is 5.16 Å². The Balaban J connectivity index is 1.89. The first-order chi connectivity index (χ1) is 11.8. The Morgan fingerprint density at radius 1 is 1.04 bits per heavy atom. The van der Waals surface area contributed by atoms with E-state index in [-0.39, 0.29) is 10.6 Å². The first-order valence-electron chi connectivity index (χ1n) is 7.60. The minimum atomic E-state index is -3.80. The zero-order chi connectivity index (χ0) is 18.2. The van der Waals surface area contributed by atoms with Gasteiger partial charge in [-0.1, -0.05) is 23.4 Å². The predicted octanol–water partition coefficient (Wildman–Crippen LogP) is 4.21. The fourth-order valence-corrected chi connectivity index (χ4v) is 3.62. The molecule has 1 N–H and O–H groups in total. The highest BCUT2D eigenvalue weighted by atomic mass is 32.2. The summed E-state index contributed by atoms with van der Waals surface area (Å²) in [6.45, 7) is 5.23. The fourth-order valence-electron chi connectivity index (χ4n) is 2.57. The fraction of sp³-hybridized carbons (Fsp3) is 0.167. The van der Waals surface area contributed by atoms with E-state index >= 15 is 0 Å². The molecule has 5 nitrogen and oxygen atoms in total. The summed E-state index contributed by atoms with van der Waals surface area (Å²) in [6, 6.07) is 10.6. The first-order valence-corrected chi connectivity index (χ1v) is 9.08. The van der Waals surface area contributed by atoms with E-state index in [0.717, 1.165) is 22.9 Å². The number of rotatable bonds is 4. The summed E-state index contributed by atoms with van der Waals surface area (Å²) in [5.41, 5.74) is 3.03. The average Bonchev–Trinajstić information content (AvgIpc) is 2.90. The lowest BCUT2D eigenvalue weighted by atomic mass is 10.0. The number of benzene rings is 2. The van der Waals surface area contributed by atoms with E-state index in [2.05, 4.69) is 9.88 Å². The van der Waals surface area contributed by atoms with Crippen molar-refractivity contribution in [2.75, 3.05) is 4.72 Å². The van der Waals surface area contributed by atoms with Crippen LogP contribution in [0.3, 0.4) is 0 Å². The van der Waals surface area contributed by atoms with Crippen molar-refractivity contribution >= 4 is 15.7 Å². The number of nitrogens with one attached hydrogen (secondary N) is 1. The quantitative estimate of drug-likeness (QED) is 0.757. The van der Waals surface area contributed by atoms with Crippen LogP contribution in [0.1, 0.15) is 17.0 Å². The molecule has 130 valence electrons. The number of nitrogens with zero attached hydrogens (tertiary/aromatic N) is 1. The molecule has 0 fully saturated rings. The molecule has 3 rings (SSSR count). The van der Waals surface area contributed by atoms with Crippen molar-refractivity contribution < 1.29 is 17.3 Å². The number of halogens is 1. The molecule has 0 radical (unpaired) electrons. The van der Waals surface area contributed by atoms with Crippen molar-refractivity contribution in [3.05, 3.63) is 65.3 Å². The van der Waals surface area contributed by atoms with E-state index in [9.17, 15) is 12.8 Å². The third-order valence-corrected chi connectivity index (χ3v) is 5.31. The second-order valence-electron chi connectivity index (χ2n) is 5.79. The summed E-state index contributed by atoms with van der Waals surface area (Å²) >= 11 is 0. The minimum Gasteiger partial charge on any atom is -0.361 e. The molecule has 0 saturated carbocycles. The van der Waals surface area contributed by atoms with Gasteiger partial charge in [-0.25, -0.2) is 12.8 Å². The predicted molar refractivity (Wildman–Crippen MR) is 93.4 cm³/mol. The summed E-state index contributed by atoms with van der Waals surface area (Å²) in [5, 5.41) is 3.89. The van der Waals surface area contributed by atoms with Gasteiger partial charge < -0.3 is 4.52 Å². The van der Waals surface area contributed by atoms with Gasteiger partial charge in [0.1, 0.15) is 11.6 Å². The lowest BCUT2D eigenvalue weighted by molar-refractivity contribution is 0.393. The normalized spacial score (nSPS) is 11.5. The molecule has 0 atom stereocenters. The molecule has 0 unspecified atom stereocenters. The first kappa shape index (κ1) is 17.2. The lowest BCUT2D eigenvalue weighted by Crippen LogP contribution is -2.13. The van der Waals surface area contributed by atoms with E-state index < -0.39 is 15.8 Å². The molecule has 25 heavy (non-hydrogen) atoms. The van der Waals surface area contributed by atoms with Gasteiger partial charge >= 0.3 is 0 Å². The molecule has 0 spiro atoms. The van der Waals surface area contributed by atoms with Gasteiger partial charge in [-0.05, 0) is 56.2 Å². The molecular formula is C18H17FN2O3S. The SMILES string of the molecule is Cc1ccc(NS(=O)(=O)c2ccc(-c3c(C)noc3C)cc2)cc1F. The van der Waals surface area contributed by atoms with Gasteiger partial charge in [-0.15, -0.1) is 0 Å². The van der Waals surface area contributed by atoms with E-state index in [1.165, 1.54) is 24.3 Å². The van der Waals surface area contributed by atoms with Crippen molar-refractivity contribution in [2.45, 2.75) is 25.7 Å². The molecule has 0 aliphatic rings. The van der Waals surface area contributed by atoms with Crippen molar-refractivity contribution in [2.24, 2.45) is 0 Å². The zero-order valence-electron chi connectivity index (χ0n) is 14.0. The van der Waals surface area contributed by atoms with Crippen LogP contribution in [0.4, 0.5) is 10.1 Å². The Kier molecular flexibility index (Phi) is 4.34. The van der Waals surface area contributed by atoms with Crippen molar-refractivity contribution in [3.63, 3.8) is 0 Å². The summed E-state index contributed by atoms with van der Waals surface area (Å²) in [4.78, 5) is 0.0870. The third kappa shape index (κ3) is 3.41. The monoisotopic (exact) mass is 360 g/mol. The lowest BCUT2D eigenvalue weighted by Gasteiger charge is -2.09. The second kappa shape index (κ2) is 6.33. The van der Waals surface area contributed by atoms with E-state index in [1.807, 2.05) is 6.92 Å². The van der Waals surface area contributed by atoms with Crippen molar-refractivity contribution in [1.29, 1.82) is 0 Å². The number of sulfonamides is 1. The number of aryl methyl sites for hydroxylation is 3. The maximum Gasteiger partial charge on any atom is 0.261 e. The van der Waals surface area contributed by atoms with Gasteiger partial charge in [0.25, 0.3) is 10.0 Å². The Hall–Kier alpha value is -2.67. The molecule has 1 aromatic heterocycles. The Morgan fingerprint density at radius 3 is 2.28 bits per heavy atom.